The van der Waals surface area contributed by atoms with Crippen molar-refractivity contribution < 1.29 is 13.9 Å². The first-order chi connectivity index (χ1) is 11.5. The molecule has 2 aromatic heterocycles. The molecule has 0 atom stereocenters. The summed E-state index contributed by atoms with van der Waals surface area (Å²) in [5.74, 6) is -0.440. The monoisotopic (exact) mass is 392 g/mol. The zero-order valence-electron chi connectivity index (χ0n) is 13.0. The highest BCUT2D eigenvalue weighted by Gasteiger charge is 2.19. The first-order valence-corrected chi connectivity index (χ1v) is 8.03. The van der Waals surface area contributed by atoms with Crippen molar-refractivity contribution in [1.29, 1.82) is 0 Å². The van der Waals surface area contributed by atoms with Crippen LogP contribution >= 0.6 is 15.9 Å². The van der Waals surface area contributed by atoms with Gasteiger partial charge in [0.2, 0.25) is 0 Å². The van der Waals surface area contributed by atoms with Crippen molar-refractivity contribution in [1.82, 2.24) is 14.6 Å². The van der Waals surface area contributed by atoms with Gasteiger partial charge in [-0.2, -0.15) is 9.61 Å². The number of esters is 1. The van der Waals surface area contributed by atoms with Crippen LogP contribution in [0, 0.1) is 12.7 Å². The number of benzene rings is 1. The summed E-state index contributed by atoms with van der Waals surface area (Å²) in [6.07, 6.45) is 3.01. The Kier molecular flexibility index (Phi) is 4.48. The fourth-order valence-corrected chi connectivity index (χ4v) is 2.64. The molecule has 0 aliphatic rings. The van der Waals surface area contributed by atoms with Gasteiger partial charge in [-0.25, -0.2) is 14.2 Å². The zero-order valence-corrected chi connectivity index (χ0v) is 14.6. The van der Waals surface area contributed by atoms with Gasteiger partial charge in [-0.05, 0) is 53.5 Å². The third-order valence-corrected chi connectivity index (χ3v) is 3.98. The lowest BCUT2D eigenvalue weighted by Gasteiger charge is -2.14. The van der Waals surface area contributed by atoms with E-state index in [1.165, 1.54) is 22.8 Å². The number of halogens is 2. The first-order valence-electron chi connectivity index (χ1n) is 7.23. The molecule has 124 valence electrons. The van der Waals surface area contributed by atoms with Crippen LogP contribution < -0.4 is 5.32 Å². The van der Waals surface area contributed by atoms with Gasteiger partial charge < -0.3 is 10.1 Å². The molecule has 0 fully saturated rings. The number of carbonyl (C=O) groups excluding carboxylic acids is 1. The molecule has 0 bridgehead atoms. The predicted molar refractivity (Wildman–Crippen MR) is 91.1 cm³/mol. The molecule has 24 heavy (non-hydrogen) atoms. The summed E-state index contributed by atoms with van der Waals surface area (Å²) in [6, 6.07) is 4.35. The fourth-order valence-electron chi connectivity index (χ4n) is 2.28. The van der Waals surface area contributed by atoms with E-state index < -0.39 is 5.97 Å². The molecule has 6 nitrogen and oxygen atoms in total. The van der Waals surface area contributed by atoms with Crippen molar-refractivity contribution in [3.63, 3.8) is 0 Å². The quantitative estimate of drug-likeness (QED) is 0.682. The minimum Gasteiger partial charge on any atom is -0.462 e. The van der Waals surface area contributed by atoms with E-state index in [1.807, 2.05) is 0 Å². The van der Waals surface area contributed by atoms with Crippen molar-refractivity contribution in [2.45, 2.75) is 13.8 Å². The molecular weight excluding hydrogens is 379 g/mol. The van der Waals surface area contributed by atoms with Gasteiger partial charge in [-0.3, -0.25) is 0 Å². The highest BCUT2D eigenvalue weighted by Crippen LogP contribution is 2.27. The van der Waals surface area contributed by atoms with Crippen LogP contribution in [0.4, 0.5) is 15.9 Å². The van der Waals surface area contributed by atoms with Crippen LogP contribution in [0.25, 0.3) is 5.65 Å². The van der Waals surface area contributed by atoms with E-state index in [0.29, 0.717) is 27.2 Å². The van der Waals surface area contributed by atoms with Crippen LogP contribution in [-0.4, -0.2) is 27.2 Å². The number of hydrogen-bond acceptors (Lipinski definition) is 5. The topological polar surface area (TPSA) is 68.5 Å². The van der Waals surface area contributed by atoms with Crippen LogP contribution in [-0.2, 0) is 4.74 Å². The third kappa shape index (κ3) is 2.96. The Labute approximate surface area is 145 Å². The summed E-state index contributed by atoms with van der Waals surface area (Å²) in [5.41, 5.74) is 2.14. The number of carbonyl (C=O) groups is 1. The SMILES string of the molecule is CCOC(=O)c1cnc2c(Br)cnn2c1Nc1ccc(F)cc1C. The van der Waals surface area contributed by atoms with Gasteiger partial charge in [0.1, 0.15) is 11.4 Å². The molecule has 2 heterocycles. The molecule has 8 heteroatoms. The lowest BCUT2D eigenvalue weighted by molar-refractivity contribution is 0.0526. The summed E-state index contributed by atoms with van der Waals surface area (Å²) in [5, 5.41) is 7.36. The Hall–Kier alpha value is -2.48. The van der Waals surface area contributed by atoms with Crippen LogP contribution in [0.5, 0.6) is 0 Å². The Morgan fingerprint density at radius 1 is 1.42 bits per heavy atom. The van der Waals surface area contributed by atoms with Crippen molar-refractivity contribution >= 4 is 39.1 Å². The number of aryl methyl sites for hydroxylation is 1. The standard InChI is InChI=1S/C16H14BrFN4O2/c1-3-24-16(23)11-7-19-15-12(17)8-20-22(15)14(11)21-13-5-4-10(18)6-9(13)2/h4-8,21H,3H2,1-2H3. The van der Waals surface area contributed by atoms with Crippen molar-refractivity contribution in [2.24, 2.45) is 0 Å². The molecule has 3 aromatic rings. The van der Waals surface area contributed by atoms with Crippen LogP contribution in [0.1, 0.15) is 22.8 Å². The van der Waals surface area contributed by atoms with Gasteiger partial charge in [0.05, 0.1) is 17.3 Å². The predicted octanol–water partition coefficient (Wildman–Crippen LogP) is 3.86. The van der Waals surface area contributed by atoms with Crippen molar-refractivity contribution in [3.8, 4) is 0 Å². The van der Waals surface area contributed by atoms with Gasteiger partial charge in [-0.15, -0.1) is 0 Å². The average Bonchev–Trinajstić information content (AvgIpc) is 2.92. The van der Waals surface area contributed by atoms with E-state index in [2.05, 4.69) is 31.3 Å². The number of aromatic nitrogens is 3. The van der Waals surface area contributed by atoms with Gasteiger partial charge in [0.15, 0.2) is 11.5 Å². The molecule has 0 spiro atoms. The molecule has 1 N–H and O–H groups in total. The second-order valence-electron chi connectivity index (χ2n) is 5.05. The van der Waals surface area contributed by atoms with E-state index in [-0.39, 0.29) is 18.0 Å². The van der Waals surface area contributed by atoms with E-state index >= 15 is 0 Å². The smallest absolute Gasteiger partial charge is 0.343 e. The normalized spacial score (nSPS) is 10.8. The maximum absolute atomic E-state index is 13.3. The van der Waals surface area contributed by atoms with Gasteiger partial charge in [-0.1, -0.05) is 0 Å². The second-order valence-corrected chi connectivity index (χ2v) is 5.91. The molecule has 0 saturated carbocycles. The Morgan fingerprint density at radius 3 is 2.92 bits per heavy atom. The van der Waals surface area contributed by atoms with E-state index in [9.17, 15) is 9.18 Å². The van der Waals surface area contributed by atoms with Crippen molar-refractivity contribution in [2.75, 3.05) is 11.9 Å². The molecule has 0 amide bonds. The number of anilines is 2. The van der Waals surface area contributed by atoms with Crippen molar-refractivity contribution in [3.05, 3.63) is 52.0 Å². The molecule has 0 unspecified atom stereocenters. The summed E-state index contributed by atoms with van der Waals surface area (Å²) in [4.78, 5) is 16.5. The minimum atomic E-state index is -0.513. The molecular formula is C16H14BrFN4O2. The number of ether oxygens (including phenoxy) is 1. The first kappa shape index (κ1) is 16.4. The Balaban J connectivity index is 2.15. The lowest BCUT2D eigenvalue weighted by atomic mass is 10.2. The van der Waals surface area contributed by atoms with Crippen LogP contribution in [0.15, 0.2) is 35.1 Å². The number of nitrogens with one attached hydrogen (secondary N) is 1. The highest BCUT2D eigenvalue weighted by atomic mass is 79.9. The lowest BCUT2D eigenvalue weighted by Crippen LogP contribution is -2.13. The maximum Gasteiger partial charge on any atom is 0.343 e. The fraction of sp³-hybridized carbons (Fsp3) is 0.188. The Bertz CT molecular complexity index is 926. The molecule has 0 radical (unpaired) electrons. The minimum absolute atomic E-state index is 0.240. The largest absolute Gasteiger partial charge is 0.462 e. The number of rotatable bonds is 4. The molecule has 0 saturated heterocycles. The Morgan fingerprint density at radius 2 is 2.21 bits per heavy atom. The number of fused-ring (bicyclic) bond motifs is 1. The molecule has 1 aromatic carbocycles. The maximum atomic E-state index is 13.3. The summed E-state index contributed by atoms with van der Waals surface area (Å²) >= 11 is 3.36. The molecule has 3 rings (SSSR count). The molecule has 0 aliphatic carbocycles. The van der Waals surface area contributed by atoms with E-state index in [0.717, 1.165) is 0 Å². The van der Waals surface area contributed by atoms with Crippen LogP contribution in [0.3, 0.4) is 0 Å². The van der Waals surface area contributed by atoms with Gasteiger partial charge in [0.25, 0.3) is 0 Å². The highest BCUT2D eigenvalue weighted by molar-refractivity contribution is 9.10. The van der Waals surface area contributed by atoms with Gasteiger partial charge >= 0.3 is 5.97 Å². The zero-order chi connectivity index (χ0) is 17.3. The number of nitrogens with zero attached hydrogens (tertiary/aromatic N) is 3. The molecule has 0 aliphatic heterocycles. The van der Waals surface area contributed by atoms with E-state index in [4.69, 9.17) is 4.74 Å². The van der Waals surface area contributed by atoms with Crippen LogP contribution in [0.2, 0.25) is 0 Å². The van der Waals surface area contributed by atoms with E-state index in [1.54, 1.807) is 26.1 Å². The second kappa shape index (κ2) is 6.56. The third-order valence-electron chi connectivity index (χ3n) is 3.42. The average molecular weight is 393 g/mol. The number of hydrogen-bond donors (Lipinski definition) is 1. The summed E-state index contributed by atoms with van der Waals surface area (Å²) in [7, 11) is 0. The summed E-state index contributed by atoms with van der Waals surface area (Å²) < 4.78 is 20.6. The van der Waals surface area contributed by atoms with Gasteiger partial charge in [0, 0.05) is 11.9 Å². The summed E-state index contributed by atoms with van der Waals surface area (Å²) in [6.45, 7) is 3.74.